The summed E-state index contributed by atoms with van der Waals surface area (Å²) in [5.74, 6) is 0.177. The smallest absolute Gasteiger partial charge is 0.309 e. The van der Waals surface area contributed by atoms with E-state index in [0.29, 0.717) is 0 Å². The number of piperidine rings is 1. The predicted octanol–water partition coefficient (Wildman–Crippen LogP) is 3.00. The number of carbonyl (C=O) groups is 1. The van der Waals surface area contributed by atoms with Crippen molar-refractivity contribution < 1.29 is 9.90 Å². The molecule has 1 saturated heterocycles. The summed E-state index contributed by atoms with van der Waals surface area (Å²) in [7, 11) is 0. The summed E-state index contributed by atoms with van der Waals surface area (Å²) in [6.45, 7) is 9.54. The van der Waals surface area contributed by atoms with Gasteiger partial charge in [0.15, 0.2) is 0 Å². The number of rotatable bonds is 6. The molecule has 0 bridgehead atoms. The van der Waals surface area contributed by atoms with Gasteiger partial charge < -0.3 is 10.0 Å². The Kier molecular flexibility index (Phi) is 5.44. The van der Waals surface area contributed by atoms with Gasteiger partial charge in [0.05, 0.1) is 5.41 Å². The minimum absolute atomic E-state index is 0.440. The van der Waals surface area contributed by atoms with E-state index >= 15 is 0 Å². The third-order valence-corrected chi connectivity index (χ3v) is 4.61. The zero-order chi connectivity index (χ0) is 12.9. The van der Waals surface area contributed by atoms with Crippen LogP contribution in [0.1, 0.15) is 52.9 Å². The summed E-state index contributed by atoms with van der Waals surface area (Å²) in [5.41, 5.74) is -0.440. The standard InChI is InChI=1S/C14H27NO2/c1-4-12(5-2)11-15-9-7-14(6-3,8-10-15)13(16)17/h12H,4-11H2,1-3H3,(H,16,17). The fraction of sp³-hybridized carbons (Fsp3) is 0.929. The number of aliphatic carboxylic acids is 1. The van der Waals surface area contributed by atoms with E-state index < -0.39 is 11.4 Å². The quantitative estimate of drug-likeness (QED) is 0.777. The van der Waals surface area contributed by atoms with Crippen molar-refractivity contribution in [3.63, 3.8) is 0 Å². The maximum absolute atomic E-state index is 11.3. The van der Waals surface area contributed by atoms with Crippen LogP contribution in [0.2, 0.25) is 0 Å². The van der Waals surface area contributed by atoms with Gasteiger partial charge in [-0.2, -0.15) is 0 Å². The largest absolute Gasteiger partial charge is 0.481 e. The van der Waals surface area contributed by atoms with Crippen molar-refractivity contribution in [2.75, 3.05) is 19.6 Å². The summed E-state index contributed by atoms with van der Waals surface area (Å²) >= 11 is 0. The molecule has 1 rings (SSSR count). The molecule has 0 saturated carbocycles. The topological polar surface area (TPSA) is 40.5 Å². The van der Waals surface area contributed by atoms with Crippen LogP contribution in [0.3, 0.4) is 0 Å². The number of hydrogen-bond donors (Lipinski definition) is 1. The Morgan fingerprint density at radius 3 is 2.12 bits per heavy atom. The Hall–Kier alpha value is -0.570. The van der Waals surface area contributed by atoms with Crippen LogP contribution in [0.5, 0.6) is 0 Å². The van der Waals surface area contributed by atoms with E-state index in [9.17, 15) is 9.90 Å². The zero-order valence-corrected chi connectivity index (χ0v) is 11.5. The van der Waals surface area contributed by atoms with Crippen LogP contribution in [-0.4, -0.2) is 35.6 Å². The van der Waals surface area contributed by atoms with Crippen LogP contribution in [0, 0.1) is 11.3 Å². The van der Waals surface area contributed by atoms with Gasteiger partial charge in [-0.05, 0) is 38.3 Å². The summed E-state index contributed by atoms with van der Waals surface area (Å²) in [6, 6.07) is 0. The molecule has 1 aliphatic heterocycles. The molecule has 17 heavy (non-hydrogen) atoms. The highest BCUT2D eigenvalue weighted by molar-refractivity contribution is 5.74. The zero-order valence-electron chi connectivity index (χ0n) is 11.5. The van der Waals surface area contributed by atoms with Gasteiger partial charge in [0.1, 0.15) is 0 Å². The Balaban J connectivity index is 2.47. The molecule has 0 aliphatic carbocycles. The first-order chi connectivity index (χ1) is 8.07. The van der Waals surface area contributed by atoms with Crippen molar-refractivity contribution in [2.45, 2.75) is 52.9 Å². The molecule has 1 heterocycles. The molecule has 0 spiro atoms. The van der Waals surface area contributed by atoms with Gasteiger partial charge in [0, 0.05) is 6.54 Å². The highest BCUT2D eigenvalue weighted by Crippen LogP contribution is 2.35. The molecule has 1 aliphatic rings. The van der Waals surface area contributed by atoms with Gasteiger partial charge in [-0.1, -0.05) is 33.6 Å². The lowest BCUT2D eigenvalue weighted by Crippen LogP contribution is -2.45. The third-order valence-electron chi connectivity index (χ3n) is 4.61. The van der Waals surface area contributed by atoms with Gasteiger partial charge in [-0.15, -0.1) is 0 Å². The fourth-order valence-electron chi connectivity index (χ4n) is 2.79. The van der Waals surface area contributed by atoms with Crippen molar-refractivity contribution in [3.8, 4) is 0 Å². The molecule has 100 valence electrons. The maximum atomic E-state index is 11.3. The number of nitrogens with zero attached hydrogens (tertiary/aromatic N) is 1. The van der Waals surface area contributed by atoms with Crippen molar-refractivity contribution in [3.05, 3.63) is 0 Å². The van der Waals surface area contributed by atoms with Crippen LogP contribution >= 0.6 is 0 Å². The molecule has 3 heteroatoms. The van der Waals surface area contributed by atoms with Crippen LogP contribution in [0.25, 0.3) is 0 Å². The molecule has 0 amide bonds. The van der Waals surface area contributed by atoms with Gasteiger partial charge in [-0.3, -0.25) is 4.79 Å². The van der Waals surface area contributed by atoms with Crippen LogP contribution < -0.4 is 0 Å². The number of likely N-dealkylation sites (tertiary alicyclic amines) is 1. The first kappa shape index (κ1) is 14.5. The van der Waals surface area contributed by atoms with Crippen LogP contribution in [0.15, 0.2) is 0 Å². The van der Waals surface area contributed by atoms with Gasteiger partial charge in [0.2, 0.25) is 0 Å². The first-order valence-electron chi connectivity index (χ1n) is 7.03. The lowest BCUT2D eigenvalue weighted by molar-refractivity contribution is -0.152. The van der Waals surface area contributed by atoms with Crippen molar-refractivity contribution in [2.24, 2.45) is 11.3 Å². The minimum atomic E-state index is -0.595. The SMILES string of the molecule is CCC(CC)CN1CCC(CC)(C(=O)O)CC1. The second-order valence-corrected chi connectivity index (χ2v) is 5.42. The highest BCUT2D eigenvalue weighted by atomic mass is 16.4. The monoisotopic (exact) mass is 241 g/mol. The summed E-state index contributed by atoms with van der Waals surface area (Å²) in [5, 5.41) is 9.33. The Labute approximate surface area is 105 Å². The molecular formula is C14H27NO2. The molecule has 3 nitrogen and oxygen atoms in total. The minimum Gasteiger partial charge on any atom is -0.481 e. The second-order valence-electron chi connectivity index (χ2n) is 5.42. The van der Waals surface area contributed by atoms with E-state index in [4.69, 9.17) is 0 Å². The molecule has 0 aromatic rings. The number of carboxylic acid groups (broad SMARTS) is 1. The summed E-state index contributed by atoms with van der Waals surface area (Å²) in [6.07, 6.45) is 4.86. The van der Waals surface area contributed by atoms with E-state index in [0.717, 1.165) is 44.8 Å². The van der Waals surface area contributed by atoms with E-state index in [2.05, 4.69) is 18.7 Å². The molecule has 1 fully saturated rings. The van der Waals surface area contributed by atoms with Gasteiger partial charge in [-0.25, -0.2) is 0 Å². The van der Waals surface area contributed by atoms with Gasteiger partial charge >= 0.3 is 5.97 Å². The molecule has 0 unspecified atom stereocenters. The Morgan fingerprint density at radius 2 is 1.76 bits per heavy atom. The second kappa shape index (κ2) is 6.39. The van der Waals surface area contributed by atoms with E-state index in [1.54, 1.807) is 0 Å². The van der Waals surface area contributed by atoms with E-state index in [1.807, 2.05) is 6.92 Å². The average Bonchev–Trinajstić information content (AvgIpc) is 2.36. The van der Waals surface area contributed by atoms with Gasteiger partial charge in [0.25, 0.3) is 0 Å². The lowest BCUT2D eigenvalue weighted by atomic mass is 9.76. The van der Waals surface area contributed by atoms with Crippen LogP contribution in [-0.2, 0) is 4.79 Å². The normalized spacial score (nSPS) is 20.7. The van der Waals surface area contributed by atoms with Crippen molar-refractivity contribution in [1.29, 1.82) is 0 Å². The van der Waals surface area contributed by atoms with E-state index in [1.165, 1.54) is 12.8 Å². The predicted molar refractivity (Wildman–Crippen MR) is 70.1 cm³/mol. The Bertz CT molecular complexity index is 241. The van der Waals surface area contributed by atoms with Crippen molar-refractivity contribution >= 4 is 5.97 Å². The third kappa shape index (κ3) is 3.44. The lowest BCUT2D eigenvalue weighted by Gasteiger charge is -2.39. The van der Waals surface area contributed by atoms with Crippen molar-refractivity contribution in [1.82, 2.24) is 4.90 Å². The Morgan fingerprint density at radius 1 is 1.24 bits per heavy atom. The highest BCUT2D eigenvalue weighted by Gasteiger charge is 2.39. The van der Waals surface area contributed by atoms with E-state index in [-0.39, 0.29) is 0 Å². The fourth-order valence-corrected chi connectivity index (χ4v) is 2.79. The molecule has 0 aromatic carbocycles. The first-order valence-corrected chi connectivity index (χ1v) is 7.03. The molecule has 0 aromatic heterocycles. The summed E-state index contributed by atoms with van der Waals surface area (Å²) in [4.78, 5) is 13.8. The molecule has 0 atom stereocenters. The number of hydrogen-bond acceptors (Lipinski definition) is 2. The maximum Gasteiger partial charge on any atom is 0.309 e. The number of carboxylic acids is 1. The average molecular weight is 241 g/mol. The van der Waals surface area contributed by atoms with Crippen LogP contribution in [0.4, 0.5) is 0 Å². The summed E-state index contributed by atoms with van der Waals surface area (Å²) < 4.78 is 0. The molecule has 1 N–H and O–H groups in total. The molecule has 0 radical (unpaired) electrons. The molecular weight excluding hydrogens is 214 g/mol.